The summed E-state index contributed by atoms with van der Waals surface area (Å²) in [6, 6.07) is 21.0. The van der Waals surface area contributed by atoms with Crippen LogP contribution in [0.5, 0.6) is 11.5 Å². The Balaban J connectivity index is 1.35. The molecular weight excluding hydrogens is 362 g/mol. The molecule has 0 atom stereocenters. The first-order valence-electron chi connectivity index (χ1n) is 10.0. The Morgan fingerprint density at radius 1 is 0.966 bits per heavy atom. The second kappa shape index (κ2) is 8.78. The lowest BCUT2D eigenvalue weighted by Gasteiger charge is -2.30. The predicted octanol–water partition coefficient (Wildman–Crippen LogP) is 5.49. The van der Waals surface area contributed by atoms with Gasteiger partial charge in [0.15, 0.2) is 0 Å². The zero-order valence-corrected chi connectivity index (χ0v) is 16.5. The third-order valence-corrected chi connectivity index (χ3v) is 5.19. The Morgan fingerprint density at radius 3 is 2.31 bits per heavy atom. The summed E-state index contributed by atoms with van der Waals surface area (Å²) in [5, 5.41) is 3.25. The van der Waals surface area contributed by atoms with Crippen LogP contribution in [0.3, 0.4) is 0 Å². The van der Waals surface area contributed by atoms with Gasteiger partial charge < -0.3 is 15.0 Å². The minimum Gasteiger partial charge on any atom is -0.457 e. The van der Waals surface area contributed by atoms with Crippen molar-refractivity contribution < 1.29 is 9.53 Å². The van der Waals surface area contributed by atoms with Crippen LogP contribution in [0.4, 0.5) is 11.5 Å². The van der Waals surface area contributed by atoms with Crippen molar-refractivity contribution in [2.24, 2.45) is 5.92 Å². The number of likely N-dealkylation sites (tertiary alicyclic amines) is 1. The summed E-state index contributed by atoms with van der Waals surface area (Å²) in [5.41, 5.74) is 1.54. The highest BCUT2D eigenvalue weighted by Crippen LogP contribution is 2.24. The summed E-state index contributed by atoms with van der Waals surface area (Å²) in [5.74, 6) is 3.04. The maximum Gasteiger partial charge on any atom is 0.255 e. The Hall–Kier alpha value is -3.34. The molecule has 5 heteroatoms. The van der Waals surface area contributed by atoms with Gasteiger partial charge in [0, 0.05) is 25.0 Å². The number of para-hydroxylation sites is 1. The number of ether oxygens (including phenoxy) is 1. The number of carbonyl (C=O) groups is 1. The molecular formula is C24H25N3O2. The normalized spacial score (nSPS) is 14.4. The fourth-order valence-electron chi connectivity index (χ4n) is 3.37. The Bertz CT molecular complexity index is 932. The first-order chi connectivity index (χ1) is 14.2. The number of piperidine rings is 1. The lowest BCUT2D eigenvalue weighted by Crippen LogP contribution is -2.37. The van der Waals surface area contributed by atoms with Crippen LogP contribution in [-0.2, 0) is 0 Å². The summed E-state index contributed by atoms with van der Waals surface area (Å²) in [6.07, 6.45) is 3.79. The SMILES string of the molecule is CC1CCN(C(=O)c2ccc(Nc3ccc(Oc4ccccc4)cc3)nc2)CC1. The third kappa shape index (κ3) is 4.93. The molecule has 29 heavy (non-hydrogen) atoms. The molecule has 0 aliphatic carbocycles. The van der Waals surface area contributed by atoms with Crippen LogP contribution >= 0.6 is 0 Å². The third-order valence-electron chi connectivity index (χ3n) is 5.19. The van der Waals surface area contributed by atoms with Crippen LogP contribution in [0, 0.1) is 5.92 Å². The van der Waals surface area contributed by atoms with Crippen molar-refractivity contribution >= 4 is 17.4 Å². The molecule has 0 spiro atoms. The first-order valence-corrected chi connectivity index (χ1v) is 10.0. The van der Waals surface area contributed by atoms with Crippen molar-refractivity contribution in [2.45, 2.75) is 19.8 Å². The molecule has 2 heterocycles. The number of aromatic nitrogens is 1. The van der Waals surface area contributed by atoms with Gasteiger partial charge >= 0.3 is 0 Å². The molecule has 1 aromatic heterocycles. The summed E-state index contributed by atoms with van der Waals surface area (Å²) < 4.78 is 5.80. The van der Waals surface area contributed by atoms with E-state index in [1.165, 1.54) is 0 Å². The Labute approximate surface area is 171 Å². The van der Waals surface area contributed by atoms with Crippen molar-refractivity contribution in [1.29, 1.82) is 0 Å². The molecule has 5 nitrogen and oxygen atoms in total. The van der Waals surface area contributed by atoms with Gasteiger partial charge in [0.1, 0.15) is 17.3 Å². The van der Waals surface area contributed by atoms with E-state index in [4.69, 9.17) is 4.74 Å². The fourth-order valence-corrected chi connectivity index (χ4v) is 3.37. The summed E-state index contributed by atoms with van der Waals surface area (Å²) in [7, 11) is 0. The van der Waals surface area contributed by atoms with E-state index in [1.807, 2.05) is 71.6 Å². The summed E-state index contributed by atoms with van der Waals surface area (Å²) in [4.78, 5) is 18.9. The number of benzene rings is 2. The highest BCUT2D eigenvalue weighted by Gasteiger charge is 2.21. The van der Waals surface area contributed by atoms with Gasteiger partial charge in [-0.3, -0.25) is 4.79 Å². The molecule has 1 fully saturated rings. The van der Waals surface area contributed by atoms with Crippen LogP contribution < -0.4 is 10.1 Å². The van der Waals surface area contributed by atoms with Crippen molar-refractivity contribution in [3.05, 3.63) is 78.5 Å². The summed E-state index contributed by atoms with van der Waals surface area (Å²) in [6.45, 7) is 3.90. The number of anilines is 2. The molecule has 4 rings (SSSR count). The van der Waals surface area contributed by atoms with Gasteiger partial charge in [-0.1, -0.05) is 25.1 Å². The molecule has 1 saturated heterocycles. The zero-order valence-electron chi connectivity index (χ0n) is 16.5. The monoisotopic (exact) mass is 387 g/mol. The van der Waals surface area contributed by atoms with E-state index in [1.54, 1.807) is 6.20 Å². The van der Waals surface area contributed by atoms with E-state index in [-0.39, 0.29) is 5.91 Å². The van der Waals surface area contributed by atoms with Gasteiger partial charge in [-0.05, 0) is 67.3 Å². The average molecular weight is 387 g/mol. The lowest BCUT2D eigenvalue weighted by molar-refractivity contribution is 0.0697. The molecule has 0 radical (unpaired) electrons. The minimum absolute atomic E-state index is 0.0679. The van der Waals surface area contributed by atoms with Gasteiger partial charge in [0.05, 0.1) is 5.56 Å². The number of nitrogens with one attached hydrogen (secondary N) is 1. The van der Waals surface area contributed by atoms with Gasteiger partial charge in [-0.2, -0.15) is 0 Å². The smallest absolute Gasteiger partial charge is 0.255 e. The summed E-state index contributed by atoms with van der Waals surface area (Å²) >= 11 is 0. The number of carbonyl (C=O) groups excluding carboxylic acids is 1. The van der Waals surface area contributed by atoms with Gasteiger partial charge in [-0.25, -0.2) is 4.98 Å². The van der Waals surface area contributed by atoms with E-state index in [2.05, 4.69) is 17.2 Å². The number of amides is 1. The molecule has 0 saturated carbocycles. The van der Waals surface area contributed by atoms with Crippen molar-refractivity contribution in [3.63, 3.8) is 0 Å². The number of hydrogen-bond acceptors (Lipinski definition) is 4. The molecule has 3 aromatic rings. The van der Waals surface area contributed by atoms with E-state index in [9.17, 15) is 4.79 Å². The highest BCUT2D eigenvalue weighted by atomic mass is 16.5. The van der Waals surface area contributed by atoms with Crippen molar-refractivity contribution in [3.8, 4) is 11.5 Å². The number of pyridine rings is 1. The molecule has 2 aromatic carbocycles. The van der Waals surface area contributed by atoms with E-state index in [0.717, 1.165) is 43.1 Å². The topological polar surface area (TPSA) is 54.5 Å². The fraction of sp³-hybridized carbons (Fsp3) is 0.250. The standard InChI is InChI=1S/C24H25N3O2/c1-18-13-15-27(16-14-18)24(28)19-7-12-23(25-17-19)26-20-8-10-22(11-9-20)29-21-5-3-2-4-6-21/h2-12,17-18H,13-16H2,1H3,(H,25,26). The second-order valence-corrected chi connectivity index (χ2v) is 7.47. The van der Waals surface area contributed by atoms with E-state index >= 15 is 0 Å². The first kappa shape index (κ1) is 19.0. The van der Waals surface area contributed by atoms with Crippen molar-refractivity contribution in [2.75, 3.05) is 18.4 Å². The zero-order chi connectivity index (χ0) is 20.1. The molecule has 0 unspecified atom stereocenters. The Morgan fingerprint density at radius 2 is 1.66 bits per heavy atom. The highest BCUT2D eigenvalue weighted by molar-refractivity contribution is 5.94. The molecule has 1 aliphatic rings. The molecule has 0 bridgehead atoms. The van der Waals surface area contributed by atoms with Gasteiger partial charge in [-0.15, -0.1) is 0 Å². The maximum absolute atomic E-state index is 12.6. The largest absolute Gasteiger partial charge is 0.457 e. The molecule has 1 amide bonds. The maximum atomic E-state index is 12.6. The van der Waals surface area contributed by atoms with Crippen LogP contribution in [0.1, 0.15) is 30.1 Å². The minimum atomic E-state index is 0.0679. The van der Waals surface area contributed by atoms with Crippen molar-refractivity contribution in [1.82, 2.24) is 9.88 Å². The van der Waals surface area contributed by atoms with Crippen LogP contribution in [0.2, 0.25) is 0 Å². The molecule has 1 aliphatic heterocycles. The van der Waals surface area contributed by atoms with Crippen LogP contribution in [-0.4, -0.2) is 28.9 Å². The number of rotatable bonds is 5. The van der Waals surface area contributed by atoms with Crippen LogP contribution in [0.15, 0.2) is 72.9 Å². The van der Waals surface area contributed by atoms with Gasteiger partial charge in [0.2, 0.25) is 0 Å². The average Bonchev–Trinajstić information content (AvgIpc) is 2.76. The quantitative estimate of drug-likeness (QED) is 0.629. The number of nitrogens with zero attached hydrogens (tertiary/aromatic N) is 2. The Kier molecular flexibility index (Phi) is 5.75. The lowest BCUT2D eigenvalue weighted by atomic mass is 9.99. The predicted molar refractivity (Wildman–Crippen MR) is 115 cm³/mol. The number of hydrogen-bond donors (Lipinski definition) is 1. The molecule has 1 N–H and O–H groups in total. The second-order valence-electron chi connectivity index (χ2n) is 7.47. The van der Waals surface area contributed by atoms with E-state index < -0.39 is 0 Å². The molecule has 148 valence electrons. The van der Waals surface area contributed by atoms with Gasteiger partial charge in [0.25, 0.3) is 5.91 Å². The van der Waals surface area contributed by atoms with E-state index in [0.29, 0.717) is 17.3 Å². The van der Waals surface area contributed by atoms with Crippen LogP contribution in [0.25, 0.3) is 0 Å².